The molecule has 2 aliphatic heterocycles. The van der Waals surface area contributed by atoms with E-state index in [4.69, 9.17) is 0 Å². The van der Waals surface area contributed by atoms with E-state index in [2.05, 4.69) is 58.7 Å². The summed E-state index contributed by atoms with van der Waals surface area (Å²) in [5.74, 6) is 0. The van der Waals surface area contributed by atoms with Gasteiger partial charge >= 0.3 is 0 Å². The van der Waals surface area contributed by atoms with E-state index in [9.17, 15) is 0 Å². The van der Waals surface area contributed by atoms with Gasteiger partial charge in [0.1, 0.15) is 13.3 Å². The highest BCUT2D eigenvalue weighted by Crippen LogP contribution is 2.12. The maximum Gasteiger partial charge on any atom is 0.109 e. The first-order valence-electron chi connectivity index (χ1n) is 4.06. The minimum atomic E-state index is 0.943. The molecule has 0 radical (unpaired) electrons. The van der Waals surface area contributed by atoms with Gasteiger partial charge in [0.2, 0.25) is 0 Å². The van der Waals surface area contributed by atoms with E-state index in [1.807, 2.05) is 0 Å². The summed E-state index contributed by atoms with van der Waals surface area (Å²) in [5, 5.41) is 4.36. The van der Waals surface area contributed by atoms with Crippen LogP contribution in [0.1, 0.15) is 0 Å². The molecule has 0 amide bonds. The summed E-state index contributed by atoms with van der Waals surface area (Å²) in [6.45, 7) is 1.89. The smallest absolute Gasteiger partial charge is 0.109 e. The van der Waals surface area contributed by atoms with Crippen LogP contribution in [0.15, 0.2) is 24.8 Å². The molecule has 0 aromatic carbocycles. The lowest BCUT2D eigenvalue weighted by Crippen LogP contribution is -2.37. The standard InChI is InChI=1S/C8H14N4/c1-9-3-5-11(7-9)12-6-4-10(2)8-12/h3-6H,7-8H2,1-2H3. The van der Waals surface area contributed by atoms with Gasteiger partial charge in [-0.25, -0.2) is 0 Å². The summed E-state index contributed by atoms with van der Waals surface area (Å²) < 4.78 is 0. The van der Waals surface area contributed by atoms with E-state index in [1.54, 1.807) is 0 Å². The lowest BCUT2D eigenvalue weighted by atomic mass is 10.8. The van der Waals surface area contributed by atoms with Gasteiger partial charge in [-0.2, -0.15) is 0 Å². The van der Waals surface area contributed by atoms with E-state index in [-0.39, 0.29) is 0 Å². The average Bonchev–Trinajstić information content (AvgIpc) is 2.58. The lowest BCUT2D eigenvalue weighted by molar-refractivity contribution is 0.0449. The van der Waals surface area contributed by atoms with E-state index >= 15 is 0 Å². The predicted molar refractivity (Wildman–Crippen MR) is 47.2 cm³/mol. The Labute approximate surface area is 72.9 Å². The first-order chi connectivity index (χ1) is 5.75. The summed E-state index contributed by atoms with van der Waals surface area (Å²) in [6, 6.07) is 0. The van der Waals surface area contributed by atoms with Crippen molar-refractivity contribution in [2.75, 3.05) is 27.4 Å². The van der Waals surface area contributed by atoms with Crippen molar-refractivity contribution in [3.8, 4) is 0 Å². The Bertz CT molecular complexity index is 199. The van der Waals surface area contributed by atoms with Gasteiger partial charge in [-0.05, 0) is 0 Å². The Balaban J connectivity index is 1.95. The van der Waals surface area contributed by atoms with Gasteiger partial charge in [-0.15, -0.1) is 0 Å². The van der Waals surface area contributed by atoms with Crippen LogP contribution in [-0.4, -0.2) is 47.3 Å². The second kappa shape index (κ2) is 2.62. The van der Waals surface area contributed by atoms with Crippen LogP contribution in [-0.2, 0) is 0 Å². The Morgan fingerprint density at radius 1 is 0.750 bits per heavy atom. The Kier molecular flexibility index (Phi) is 1.60. The zero-order valence-electron chi connectivity index (χ0n) is 7.51. The highest BCUT2D eigenvalue weighted by atomic mass is 15.7. The summed E-state index contributed by atoms with van der Waals surface area (Å²) >= 11 is 0. The highest BCUT2D eigenvalue weighted by molar-refractivity contribution is 4.94. The Morgan fingerprint density at radius 2 is 1.17 bits per heavy atom. The molecule has 0 bridgehead atoms. The summed E-state index contributed by atoms with van der Waals surface area (Å²) in [4.78, 5) is 4.29. The first-order valence-corrected chi connectivity index (χ1v) is 4.06. The normalized spacial score (nSPS) is 21.8. The van der Waals surface area contributed by atoms with Crippen LogP contribution in [0.5, 0.6) is 0 Å². The van der Waals surface area contributed by atoms with Crippen molar-refractivity contribution in [3.05, 3.63) is 24.8 Å². The van der Waals surface area contributed by atoms with Gasteiger partial charge in [0.15, 0.2) is 0 Å². The molecule has 0 aromatic rings. The molecule has 12 heavy (non-hydrogen) atoms. The van der Waals surface area contributed by atoms with Gasteiger partial charge in [0.05, 0.1) is 0 Å². The molecular formula is C8H14N4. The molecule has 66 valence electrons. The zero-order valence-corrected chi connectivity index (χ0v) is 7.51. The molecule has 2 rings (SSSR count). The van der Waals surface area contributed by atoms with Crippen LogP contribution in [0.3, 0.4) is 0 Å². The summed E-state index contributed by atoms with van der Waals surface area (Å²) in [7, 11) is 4.14. The van der Waals surface area contributed by atoms with Crippen molar-refractivity contribution in [1.29, 1.82) is 0 Å². The van der Waals surface area contributed by atoms with Gasteiger partial charge < -0.3 is 9.80 Å². The molecule has 0 saturated heterocycles. The fourth-order valence-electron chi connectivity index (χ4n) is 1.36. The topological polar surface area (TPSA) is 13.0 Å². The molecule has 0 aromatic heterocycles. The maximum absolute atomic E-state index is 2.18. The highest BCUT2D eigenvalue weighted by Gasteiger charge is 2.17. The van der Waals surface area contributed by atoms with Crippen LogP contribution < -0.4 is 0 Å². The fourth-order valence-corrected chi connectivity index (χ4v) is 1.36. The average molecular weight is 166 g/mol. The van der Waals surface area contributed by atoms with E-state index < -0.39 is 0 Å². The zero-order chi connectivity index (χ0) is 8.55. The van der Waals surface area contributed by atoms with Crippen LogP contribution in [0.4, 0.5) is 0 Å². The number of nitrogens with zero attached hydrogens (tertiary/aromatic N) is 4. The second-order valence-electron chi connectivity index (χ2n) is 3.27. The third-order valence-electron chi connectivity index (χ3n) is 2.05. The molecule has 0 unspecified atom stereocenters. The number of hydrogen-bond donors (Lipinski definition) is 0. The molecule has 0 N–H and O–H groups in total. The van der Waals surface area contributed by atoms with Crippen molar-refractivity contribution >= 4 is 0 Å². The van der Waals surface area contributed by atoms with Crippen molar-refractivity contribution in [3.63, 3.8) is 0 Å². The van der Waals surface area contributed by atoms with E-state index in [0.717, 1.165) is 13.3 Å². The first kappa shape index (κ1) is 7.34. The largest absolute Gasteiger partial charge is 0.360 e. The number of rotatable bonds is 1. The van der Waals surface area contributed by atoms with Gasteiger partial charge in [0.25, 0.3) is 0 Å². The van der Waals surface area contributed by atoms with Crippen molar-refractivity contribution in [2.24, 2.45) is 0 Å². The second-order valence-corrected chi connectivity index (χ2v) is 3.27. The van der Waals surface area contributed by atoms with Gasteiger partial charge in [0, 0.05) is 38.9 Å². The summed E-state index contributed by atoms with van der Waals surface area (Å²) in [6.07, 6.45) is 8.32. The van der Waals surface area contributed by atoms with Crippen LogP contribution in [0, 0.1) is 0 Å². The SMILES string of the molecule is CN1C=CN(N2C=CN(C)C2)C1. The Morgan fingerprint density at radius 3 is 1.42 bits per heavy atom. The van der Waals surface area contributed by atoms with Crippen molar-refractivity contribution in [2.45, 2.75) is 0 Å². The lowest BCUT2D eigenvalue weighted by Gasteiger charge is -2.29. The minimum absolute atomic E-state index is 0.943. The molecular weight excluding hydrogens is 152 g/mol. The van der Waals surface area contributed by atoms with Crippen molar-refractivity contribution in [1.82, 2.24) is 19.8 Å². The van der Waals surface area contributed by atoms with Gasteiger partial charge in [-0.3, -0.25) is 10.0 Å². The molecule has 0 fully saturated rings. The number of hydrogen-bond acceptors (Lipinski definition) is 4. The maximum atomic E-state index is 2.18. The summed E-state index contributed by atoms with van der Waals surface area (Å²) in [5.41, 5.74) is 0. The molecule has 0 spiro atoms. The monoisotopic (exact) mass is 166 g/mol. The minimum Gasteiger partial charge on any atom is -0.360 e. The molecule has 0 saturated carbocycles. The predicted octanol–water partition coefficient (Wildman–Crippen LogP) is 0.254. The number of hydrazine groups is 1. The van der Waals surface area contributed by atoms with Gasteiger partial charge in [-0.1, -0.05) is 0 Å². The fraction of sp³-hybridized carbons (Fsp3) is 0.500. The third-order valence-corrected chi connectivity index (χ3v) is 2.05. The van der Waals surface area contributed by atoms with Crippen LogP contribution >= 0.6 is 0 Å². The molecule has 0 atom stereocenters. The molecule has 0 aliphatic carbocycles. The Hall–Kier alpha value is -1.32. The van der Waals surface area contributed by atoms with Crippen LogP contribution in [0.2, 0.25) is 0 Å². The molecule has 2 aliphatic rings. The molecule has 4 nitrogen and oxygen atoms in total. The molecule has 2 heterocycles. The quantitative estimate of drug-likeness (QED) is 0.553. The molecule has 4 heteroatoms. The van der Waals surface area contributed by atoms with Crippen LogP contribution in [0.25, 0.3) is 0 Å². The third kappa shape index (κ3) is 1.20. The van der Waals surface area contributed by atoms with E-state index in [0.29, 0.717) is 0 Å². The van der Waals surface area contributed by atoms with Crippen molar-refractivity contribution < 1.29 is 0 Å². The van der Waals surface area contributed by atoms with E-state index in [1.165, 1.54) is 0 Å².